The van der Waals surface area contributed by atoms with Gasteiger partial charge in [-0.05, 0) is 6.07 Å². The van der Waals surface area contributed by atoms with Crippen LogP contribution >= 0.6 is 12.6 Å². The number of fused-ring (bicyclic) bond motifs is 1. The third-order valence-corrected chi connectivity index (χ3v) is 2.57. The molecule has 2 heterocycles. The van der Waals surface area contributed by atoms with Gasteiger partial charge in [-0.15, -0.1) is 0 Å². The molecule has 5 nitrogen and oxygen atoms in total. The summed E-state index contributed by atoms with van der Waals surface area (Å²) in [4.78, 5) is 4.03. The number of nitrogens with zero attached hydrogens (tertiary/aromatic N) is 2. The molecule has 2 aromatic heterocycles. The van der Waals surface area contributed by atoms with Crippen molar-refractivity contribution in [1.82, 2.24) is 15.2 Å². The van der Waals surface area contributed by atoms with E-state index in [-0.39, 0.29) is 5.75 Å². The van der Waals surface area contributed by atoms with Crippen LogP contribution in [0, 0.1) is 0 Å². The lowest BCUT2D eigenvalue weighted by atomic mass is 10.1. The summed E-state index contributed by atoms with van der Waals surface area (Å²) >= 11 is 3.91. The quantitative estimate of drug-likeness (QED) is 0.566. The number of aromatic amines is 1. The van der Waals surface area contributed by atoms with Crippen LogP contribution in [-0.4, -0.2) is 37.3 Å². The highest BCUT2D eigenvalue weighted by Gasteiger charge is 2.18. The minimum atomic E-state index is -1.01. The molecule has 0 aliphatic rings. The molecular formula is C9H11N3O2S. The van der Waals surface area contributed by atoms with E-state index in [1.165, 1.54) is 0 Å². The van der Waals surface area contributed by atoms with Crippen LogP contribution in [0.15, 0.2) is 18.5 Å². The highest BCUT2D eigenvalue weighted by atomic mass is 32.1. The third-order valence-electron chi connectivity index (χ3n) is 2.20. The summed E-state index contributed by atoms with van der Waals surface area (Å²) in [6.07, 6.45) is 1.29. The van der Waals surface area contributed by atoms with Crippen LogP contribution in [0.25, 0.3) is 10.9 Å². The monoisotopic (exact) mass is 225 g/mol. The zero-order valence-electron chi connectivity index (χ0n) is 7.83. The van der Waals surface area contributed by atoms with Gasteiger partial charge in [-0.25, -0.2) is 0 Å². The van der Waals surface area contributed by atoms with Crippen molar-refractivity contribution in [1.29, 1.82) is 0 Å². The molecule has 0 bridgehead atoms. The summed E-state index contributed by atoms with van der Waals surface area (Å²) in [5.74, 6) is 0.187. The first-order valence-electron chi connectivity index (χ1n) is 4.48. The minimum absolute atomic E-state index is 0.187. The van der Waals surface area contributed by atoms with Crippen molar-refractivity contribution < 1.29 is 10.2 Å². The van der Waals surface area contributed by atoms with E-state index in [4.69, 9.17) is 0 Å². The van der Waals surface area contributed by atoms with Gasteiger partial charge < -0.3 is 10.2 Å². The molecule has 2 unspecified atom stereocenters. The number of aliphatic hydroxyl groups excluding tert-OH is 2. The van der Waals surface area contributed by atoms with Gasteiger partial charge in [-0.1, -0.05) is 0 Å². The molecule has 0 aliphatic carbocycles. The Balaban J connectivity index is 2.35. The molecule has 0 amide bonds. The molecule has 0 aliphatic heterocycles. The Morgan fingerprint density at radius 1 is 1.40 bits per heavy atom. The summed E-state index contributed by atoms with van der Waals surface area (Å²) in [6.45, 7) is 0. The molecule has 2 atom stereocenters. The molecular weight excluding hydrogens is 214 g/mol. The van der Waals surface area contributed by atoms with Gasteiger partial charge in [0.2, 0.25) is 0 Å². The number of rotatable bonds is 3. The van der Waals surface area contributed by atoms with E-state index in [1.54, 1.807) is 18.5 Å². The van der Waals surface area contributed by atoms with Gasteiger partial charge in [0.1, 0.15) is 6.10 Å². The molecule has 0 saturated carbocycles. The summed E-state index contributed by atoms with van der Waals surface area (Å²) < 4.78 is 0. The predicted octanol–water partition coefficient (Wildman–Crippen LogP) is 0.282. The molecule has 0 radical (unpaired) electrons. The molecule has 0 fully saturated rings. The summed E-state index contributed by atoms with van der Waals surface area (Å²) in [5, 5.41) is 26.6. The van der Waals surface area contributed by atoms with E-state index in [9.17, 15) is 10.2 Å². The minimum Gasteiger partial charge on any atom is -0.389 e. The normalized spacial score (nSPS) is 15.4. The Hall–Kier alpha value is -1.11. The number of aliphatic hydroxyl groups is 2. The lowest BCUT2D eigenvalue weighted by molar-refractivity contribution is 0.0311. The Bertz CT molecular complexity index is 459. The number of aromatic nitrogens is 3. The van der Waals surface area contributed by atoms with Crippen LogP contribution in [0.5, 0.6) is 0 Å². The fourth-order valence-corrected chi connectivity index (χ4v) is 1.52. The molecule has 2 rings (SSSR count). The lowest BCUT2D eigenvalue weighted by Crippen LogP contribution is -2.20. The van der Waals surface area contributed by atoms with Gasteiger partial charge in [0, 0.05) is 11.1 Å². The fourth-order valence-electron chi connectivity index (χ4n) is 1.32. The first kappa shape index (κ1) is 10.4. The second kappa shape index (κ2) is 4.18. The van der Waals surface area contributed by atoms with Crippen molar-refractivity contribution in [3.8, 4) is 0 Å². The lowest BCUT2D eigenvalue weighted by Gasteiger charge is -2.14. The van der Waals surface area contributed by atoms with Crippen LogP contribution in [0.3, 0.4) is 0 Å². The van der Waals surface area contributed by atoms with E-state index in [1.807, 2.05) is 0 Å². The van der Waals surface area contributed by atoms with Crippen LogP contribution < -0.4 is 0 Å². The zero-order chi connectivity index (χ0) is 10.8. The van der Waals surface area contributed by atoms with Gasteiger partial charge in [-0.3, -0.25) is 10.1 Å². The van der Waals surface area contributed by atoms with Gasteiger partial charge in [0.25, 0.3) is 0 Å². The Kier molecular flexibility index (Phi) is 2.90. The van der Waals surface area contributed by atoms with Gasteiger partial charge in [-0.2, -0.15) is 17.7 Å². The van der Waals surface area contributed by atoms with Crippen molar-refractivity contribution >= 4 is 23.5 Å². The number of thiol groups is 1. The number of H-pyrrole nitrogens is 1. The average Bonchev–Trinajstić information content (AvgIpc) is 2.73. The second-order valence-electron chi connectivity index (χ2n) is 3.26. The Morgan fingerprint density at radius 2 is 2.20 bits per heavy atom. The second-order valence-corrected chi connectivity index (χ2v) is 3.63. The molecule has 0 saturated heterocycles. The van der Waals surface area contributed by atoms with Crippen LogP contribution in [0.4, 0.5) is 0 Å². The van der Waals surface area contributed by atoms with Crippen molar-refractivity contribution in [3.05, 3.63) is 24.2 Å². The Morgan fingerprint density at radius 3 is 2.93 bits per heavy atom. The molecule has 0 aromatic carbocycles. The number of pyridine rings is 1. The van der Waals surface area contributed by atoms with Gasteiger partial charge in [0.05, 0.1) is 29.7 Å². The first-order valence-corrected chi connectivity index (χ1v) is 5.11. The maximum Gasteiger partial charge on any atom is 0.123 e. The summed E-state index contributed by atoms with van der Waals surface area (Å²) in [6, 6.07) is 1.69. The van der Waals surface area contributed by atoms with Crippen molar-refractivity contribution in [2.24, 2.45) is 0 Å². The zero-order valence-corrected chi connectivity index (χ0v) is 8.72. The summed E-state index contributed by atoms with van der Waals surface area (Å²) in [5.41, 5.74) is 1.22. The highest BCUT2D eigenvalue weighted by molar-refractivity contribution is 7.80. The molecule has 15 heavy (non-hydrogen) atoms. The number of hydrogen-bond donors (Lipinski definition) is 4. The van der Waals surface area contributed by atoms with E-state index < -0.39 is 12.2 Å². The topological polar surface area (TPSA) is 82.0 Å². The predicted molar refractivity (Wildman–Crippen MR) is 58.7 cm³/mol. The largest absolute Gasteiger partial charge is 0.389 e. The Labute approximate surface area is 91.6 Å². The van der Waals surface area contributed by atoms with E-state index in [2.05, 4.69) is 27.8 Å². The highest BCUT2D eigenvalue weighted by Crippen LogP contribution is 2.19. The summed E-state index contributed by atoms with van der Waals surface area (Å²) in [7, 11) is 0. The molecule has 2 aromatic rings. The van der Waals surface area contributed by atoms with Crippen LogP contribution in [0.1, 0.15) is 11.8 Å². The smallest absolute Gasteiger partial charge is 0.123 e. The molecule has 6 heteroatoms. The molecule has 0 spiro atoms. The standard InChI is InChI=1S/C9H11N3O2S/c13-8(4-15)9(14)6-1-5-2-11-12-7(5)3-10-6/h1-3,8-9,13-15H,4H2,(H,11,12). The molecule has 3 N–H and O–H groups in total. The number of nitrogens with one attached hydrogen (secondary N) is 1. The van der Waals surface area contributed by atoms with E-state index in [0.717, 1.165) is 10.9 Å². The van der Waals surface area contributed by atoms with Crippen LogP contribution in [-0.2, 0) is 0 Å². The maximum absolute atomic E-state index is 9.69. The molecule has 80 valence electrons. The van der Waals surface area contributed by atoms with Gasteiger partial charge in [0.15, 0.2) is 0 Å². The van der Waals surface area contributed by atoms with Crippen LogP contribution in [0.2, 0.25) is 0 Å². The van der Waals surface area contributed by atoms with Crippen molar-refractivity contribution in [2.45, 2.75) is 12.2 Å². The fraction of sp³-hybridized carbons (Fsp3) is 0.333. The average molecular weight is 225 g/mol. The van der Waals surface area contributed by atoms with E-state index >= 15 is 0 Å². The SMILES string of the molecule is OC(CS)C(O)c1cc2cn[nH]c2cn1. The van der Waals surface area contributed by atoms with Crippen molar-refractivity contribution in [2.75, 3.05) is 5.75 Å². The first-order chi connectivity index (χ1) is 7.22. The number of hydrogen-bond acceptors (Lipinski definition) is 5. The van der Waals surface area contributed by atoms with E-state index in [0.29, 0.717) is 5.69 Å². The van der Waals surface area contributed by atoms with Crippen molar-refractivity contribution in [3.63, 3.8) is 0 Å². The van der Waals surface area contributed by atoms with Gasteiger partial charge >= 0.3 is 0 Å². The third kappa shape index (κ3) is 1.97. The maximum atomic E-state index is 9.69.